The lowest BCUT2D eigenvalue weighted by Crippen LogP contribution is -2.53. The van der Waals surface area contributed by atoms with Crippen molar-refractivity contribution in [2.45, 2.75) is 44.8 Å². The number of nitrogens with two attached hydrogens (primary N) is 3. The van der Waals surface area contributed by atoms with Crippen LogP contribution in [-0.2, 0) is 32.6 Å². The van der Waals surface area contributed by atoms with E-state index in [1.807, 2.05) is 24.3 Å². The highest BCUT2D eigenvalue weighted by molar-refractivity contribution is 7.89. The largest absolute Gasteiger partial charge is 0.384 e. The Morgan fingerprint density at radius 3 is 2.41 bits per heavy atom. The Kier molecular flexibility index (Phi) is 9.56. The molecule has 0 aliphatic rings. The zero-order valence-corrected chi connectivity index (χ0v) is 22.3. The first-order valence-electron chi connectivity index (χ1n) is 12.3. The zero-order chi connectivity index (χ0) is 28.7. The molecule has 0 bridgehead atoms. The van der Waals surface area contributed by atoms with Crippen LogP contribution in [0.2, 0.25) is 0 Å². The molecule has 1 aromatic heterocycles. The summed E-state index contributed by atoms with van der Waals surface area (Å²) in [6, 6.07) is 9.41. The van der Waals surface area contributed by atoms with E-state index in [1.165, 1.54) is 13.0 Å². The van der Waals surface area contributed by atoms with Crippen LogP contribution in [0.3, 0.4) is 0 Å². The van der Waals surface area contributed by atoms with E-state index in [-0.39, 0.29) is 48.5 Å². The van der Waals surface area contributed by atoms with Gasteiger partial charge in [0.1, 0.15) is 11.9 Å². The van der Waals surface area contributed by atoms with E-state index in [4.69, 9.17) is 22.6 Å². The molecule has 0 saturated carbocycles. The van der Waals surface area contributed by atoms with E-state index in [0.717, 1.165) is 10.9 Å². The Hall–Kier alpha value is -4.07. The van der Waals surface area contributed by atoms with Crippen LogP contribution in [0, 0.1) is 5.41 Å². The highest BCUT2D eigenvalue weighted by atomic mass is 32.2. The number of H-pyrrole nitrogens is 1. The predicted molar refractivity (Wildman–Crippen MR) is 148 cm³/mol. The monoisotopic (exact) mass is 555 g/mol. The highest BCUT2D eigenvalue weighted by Gasteiger charge is 2.30. The average Bonchev–Trinajstić information content (AvgIpc) is 3.32. The summed E-state index contributed by atoms with van der Waals surface area (Å²) < 4.78 is 27.4. The molecular formula is C26H33N7O5S. The van der Waals surface area contributed by atoms with Gasteiger partial charge in [-0.15, -0.1) is 0 Å². The third kappa shape index (κ3) is 7.50. The van der Waals surface area contributed by atoms with Crippen molar-refractivity contribution in [3.05, 3.63) is 70.9 Å². The summed E-state index contributed by atoms with van der Waals surface area (Å²) in [6.45, 7) is 1.44. The maximum atomic E-state index is 13.6. The SMILES string of the molecule is CCS(=O)(=O)NC(Cc1c[nH]c2ccccc12)C(=O)NC(CCC(N)=O)C(=O)c1cc(C(=N)N)ccc1CN. The summed E-state index contributed by atoms with van der Waals surface area (Å²) in [5, 5.41) is 11.1. The second kappa shape index (κ2) is 12.7. The molecule has 0 fully saturated rings. The number of amidine groups is 1. The minimum Gasteiger partial charge on any atom is -0.384 e. The predicted octanol–water partition coefficient (Wildman–Crippen LogP) is 0.394. The summed E-state index contributed by atoms with van der Waals surface area (Å²) >= 11 is 0. The molecule has 208 valence electrons. The van der Waals surface area contributed by atoms with E-state index in [2.05, 4.69) is 15.0 Å². The van der Waals surface area contributed by atoms with Gasteiger partial charge in [0.05, 0.1) is 11.8 Å². The number of nitrogen functional groups attached to an aromatic ring is 1. The van der Waals surface area contributed by atoms with Gasteiger partial charge in [0.15, 0.2) is 5.78 Å². The van der Waals surface area contributed by atoms with Gasteiger partial charge in [-0.1, -0.05) is 30.3 Å². The molecule has 3 rings (SSSR count). The van der Waals surface area contributed by atoms with E-state index < -0.39 is 39.7 Å². The van der Waals surface area contributed by atoms with Gasteiger partial charge in [-0.3, -0.25) is 19.8 Å². The van der Waals surface area contributed by atoms with Crippen molar-refractivity contribution in [1.29, 1.82) is 5.41 Å². The van der Waals surface area contributed by atoms with Crippen LogP contribution in [0.4, 0.5) is 0 Å². The van der Waals surface area contributed by atoms with Crippen molar-refractivity contribution in [3.8, 4) is 0 Å². The number of carbonyl (C=O) groups excluding carboxylic acids is 3. The Morgan fingerprint density at radius 1 is 1.05 bits per heavy atom. The Morgan fingerprint density at radius 2 is 1.77 bits per heavy atom. The van der Waals surface area contributed by atoms with Gasteiger partial charge < -0.3 is 27.5 Å². The van der Waals surface area contributed by atoms with Gasteiger partial charge in [0.25, 0.3) is 0 Å². The fourth-order valence-electron chi connectivity index (χ4n) is 4.18. The van der Waals surface area contributed by atoms with E-state index >= 15 is 0 Å². The maximum Gasteiger partial charge on any atom is 0.239 e. The Labute approximate surface area is 226 Å². The average molecular weight is 556 g/mol. The van der Waals surface area contributed by atoms with Crippen LogP contribution < -0.4 is 27.2 Å². The summed E-state index contributed by atoms with van der Waals surface area (Å²) in [4.78, 5) is 41.8. The second-order valence-electron chi connectivity index (χ2n) is 9.06. The highest BCUT2D eigenvalue weighted by Crippen LogP contribution is 2.20. The molecule has 0 aliphatic carbocycles. The number of nitrogens with one attached hydrogen (secondary N) is 4. The first kappa shape index (κ1) is 29.5. The molecule has 12 nitrogen and oxygen atoms in total. The first-order valence-corrected chi connectivity index (χ1v) is 14.0. The van der Waals surface area contributed by atoms with Crippen molar-refractivity contribution in [2.75, 3.05) is 5.75 Å². The molecule has 39 heavy (non-hydrogen) atoms. The lowest BCUT2D eigenvalue weighted by Gasteiger charge is -2.23. The summed E-state index contributed by atoms with van der Waals surface area (Å²) in [6.07, 6.45) is 1.35. The number of hydrogen-bond donors (Lipinski definition) is 7. The number of amides is 2. The van der Waals surface area contributed by atoms with Crippen LogP contribution in [0.5, 0.6) is 0 Å². The summed E-state index contributed by atoms with van der Waals surface area (Å²) in [5.41, 5.74) is 19.1. The third-order valence-electron chi connectivity index (χ3n) is 6.34. The van der Waals surface area contributed by atoms with Crippen LogP contribution in [0.25, 0.3) is 10.9 Å². The molecule has 2 amide bonds. The fourth-order valence-corrected chi connectivity index (χ4v) is 4.97. The molecule has 2 atom stereocenters. The number of sulfonamides is 1. The van der Waals surface area contributed by atoms with Gasteiger partial charge in [-0.2, -0.15) is 0 Å². The van der Waals surface area contributed by atoms with Crippen molar-refractivity contribution in [2.24, 2.45) is 17.2 Å². The molecule has 3 aromatic rings. The molecule has 13 heteroatoms. The molecule has 1 heterocycles. The van der Waals surface area contributed by atoms with Crippen LogP contribution >= 0.6 is 0 Å². The number of benzene rings is 2. The number of para-hydroxylation sites is 1. The van der Waals surface area contributed by atoms with Crippen LogP contribution in [0.15, 0.2) is 48.7 Å². The number of Topliss-reactive ketones (excluding diaryl/α,β-unsaturated/α-hetero) is 1. The van der Waals surface area contributed by atoms with Crippen molar-refractivity contribution >= 4 is 44.4 Å². The van der Waals surface area contributed by atoms with Crippen molar-refractivity contribution in [3.63, 3.8) is 0 Å². The number of ketones is 1. The fraction of sp³-hybridized carbons (Fsp3) is 0.308. The first-order chi connectivity index (χ1) is 18.5. The smallest absolute Gasteiger partial charge is 0.239 e. The molecule has 10 N–H and O–H groups in total. The van der Waals surface area contributed by atoms with Crippen LogP contribution in [-0.4, -0.2) is 54.7 Å². The number of fused-ring (bicyclic) bond motifs is 1. The lowest BCUT2D eigenvalue weighted by atomic mass is 9.93. The van der Waals surface area contributed by atoms with Gasteiger partial charge >= 0.3 is 0 Å². The summed E-state index contributed by atoms with van der Waals surface area (Å²) in [5.74, 6) is -2.53. The molecule has 0 saturated heterocycles. The minimum atomic E-state index is -3.81. The molecule has 0 radical (unpaired) electrons. The molecule has 2 unspecified atom stereocenters. The Bertz CT molecular complexity index is 1500. The van der Waals surface area contributed by atoms with Crippen molar-refractivity contribution < 1.29 is 22.8 Å². The minimum absolute atomic E-state index is 0.000319. The van der Waals surface area contributed by atoms with Gasteiger partial charge in [0, 0.05) is 41.2 Å². The zero-order valence-electron chi connectivity index (χ0n) is 21.5. The molecule has 0 aliphatic heterocycles. The standard InChI is InChI=1S/C26H33N7O5S/c1-2-39(37,38)33-22(12-17-14-31-20-6-4-3-5-18(17)20)26(36)32-21(9-10-23(28)34)24(35)19-11-15(25(29)30)7-8-16(19)13-27/h3-8,11,14,21-22,31,33H,2,9-10,12-13,27H2,1H3,(H2,28,34)(H3,29,30)(H,32,36). The molecule has 0 spiro atoms. The van der Waals surface area contributed by atoms with Gasteiger partial charge in [0.2, 0.25) is 21.8 Å². The van der Waals surface area contributed by atoms with Crippen LogP contribution in [0.1, 0.15) is 46.8 Å². The summed E-state index contributed by atoms with van der Waals surface area (Å²) in [7, 11) is -3.81. The van der Waals surface area contributed by atoms with Crippen molar-refractivity contribution in [1.82, 2.24) is 15.0 Å². The van der Waals surface area contributed by atoms with E-state index in [9.17, 15) is 22.8 Å². The number of carbonyl (C=O) groups is 3. The number of rotatable bonds is 14. The van der Waals surface area contributed by atoms with E-state index in [1.54, 1.807) is 18.3 Å². The van der Waals surface area contributed by atoms with E-state index in [0.29, 0.717) is 11.1 Å². The number of aromatic amines is 1. The Balaban J connectivity index is 1.96. The number of aromatic nitrogens is 1. The number of hydrogen-bond acceptors (Lipinski definition) is 7. The molecular weight excluding hydrogens is 522 g/mol. The number of primary amides is 1. The second-order valence-corrected chi connectivity index (χ2v) is 11.1. The third-order valence-corrected chi connectivity index (χ3v) is 7.74. The van der Waals surface area contributed by atoms with Gasteiger partial charge in [-0.05, 0) is 43.0 Å². The normalized spacial score (nSPS) is 13.1. The van der Waals surface area contributed by atoms with Gasteiger partial charge in [-0.25, -0.2) is 13.1 Å². The lowest BCUT2D eigenvalue weighted by molar-refractivity contribution is -0.123. The maximum absolute atomic E-state index is 13.6. The molecule has 2 aromatic carbocycles. The topological polar surface area (TPSA) is 227 Å². The quantitative estimate of drug-likeness (QED) is 0.0840.